The topological polar surface area (TPSA) is 84.8 Å². The number of para-hydroxylation sites is 2. The lowest BCUT2D eigenvalue weighted by molar-refractivity contribution is -0.384. The fourth-order valence-corrected chi connectivity index (χ4v) is 2.43. The Kier molecular flexibility index (Phi) is 3.61. The van der Waals surface area contributed by atoms with E-state index in [4.69, 9.17) is 0 Å². The summed E-state index contributed by atoms with van der Waals surface area (Å²) in [5.74, 6) is 0.528. The molecule has 23 heavy (non-hydrogen) atoms. The molecule has 3 aromatic rings. The van der Waals surface area contributed by atoms with Crippen LogP contribution in [0.4, 0.5) is 5.69 Å². The molecule has 0 unspecified atom stereocenters. The van der Waals surface area contributed by atoms with Crippen molar-refractivity contribution >= 4 is 28.4 Å². The van der Waals surface area contributed by atoms with E-state index in [0.29, 0.717) is 17.0 Å². The Morgan fingerprint density at radius 3 is 2.78 bits per heavy atom. The van der Waals surface area contributed by atoms with Gasteiger partial charge in [-0.25, -0.2) is 4.98 Å². The summed E-state index contributed by atoms with van der Waals surface area (Å²) in [5.41, 5.74) is 2.64. The lowest BCUT2D eigenvalue weighted by atomic mass is 10.1. The smallest absolute Gasteiger partial charge is 0.270 e. The van der Waals surface area contributed by atoms with Gasteiger partial charge in [0.2, 0.25) is 0 Å². The van der Waals surface area contributed by atoms with E-state index in [9.17, 15) is 15.4 Å². The van der Waals surface area contributed by atoms with Crippen LogP contribution in [-0.4, -0.2) is 14.5 Å². The normalized spacial score (nSPS) is 11.4. The molecule has 0 aliphatic rings. The van der Waals surface area contributed by atoms with Crippen LogP contribution in [0.5, 0.6) is 0 Å². The highest BCUT2D eigenvalue weighted by Gasteiger charge is 2.12. The second-order valence-electron chi connectivity index (χ2n) is 5.01. The van der Waals surface area contributed by atoms with Gasteiger partial charge >= 0.3 is 0 Å². The van der Waals surface area contributed by atoms with E-state index in [-0.39, 0.29) is 5.69 Å². The molecule has 0 amide bonds. The predicted molar refractivity (Wildman–Crippen MR) is 87.3 cm³/mol. The molecule has 0 saturated heterocycles. The van der Waals surface area contributed by atoms with Crippen LogP contribution in [0.15, 0.2) is 48.5 Å². The molecule has 0 aliphatic heterocycles. The van der Waals surface area contributed by atoms with Gasteiger partial charge in [-0.2, -0.15) is 5.26 Å². The van der Waals surface area contributed by atoms with Crippen molar-refractivity contribution in [1.82, 2.24) is 9.55 Å². The first-order chi connectivity index (χ1) is 11.1. The Bertz CT molecular complexity index is 980. The Morgan fingerprint density at radius 2 is 2.09 bits per heavy atom. The van der Waals surface area contributed by atoms with Crippen molar-refractivity contribution in [3.63, 3.8) is 0 Å². The second-order valence-corrected chi connectivity index (χ2v) is 5.01. The van der Waals surface area contributed by atoms with E-state index in [1.165, 1.54) is 12.1 Å². The molecule has 0 atom stereocenters. The average molecular weight is 304 g/mol. The first-order valence-electron chi connectivity index (χ1n) is 6.88. The quantitative estimate of drug-likeness (QED) is 0.421. The summed E-state index contributed by atoms with van der Waals surface area (Å²) >= 11 is 0. The number of aryl methyl sites for hydroxylation is 1. The molecule has 0 N–H and O–H groups in total. The van der Waals surface area contributed by atoms with Gasteiger partial charge in [0.15, 0.2) is 5.82 Å². The van der Waals surface area contributed by atoms with Crippen LogP contribution in [0.3, 0.4) is 0 Å². The van der Waals surface area contributed by atoms with E-state index < -0.39 is 4.92 Å². The minimum absolute atomic E-state index is 0.0129. The van der Waals surface area contributed by atoms with Gasteiger partial charge in [0.25, 0.3) is 5.69 Å². The maximum absolute atomic E-state index is 10.9. The Morgan fingerprint density at radius 1 is 1.30 bits per heavy atom. The Hall–Kier alpha value is -3.46. The minimum Gasteiger partial charge on any atom is -0.327 e. The van der Waals surface area contributed by atoms with E-state index in [0.717, 1.165) is 11.0 Å². The number of allylic oxidation sites excluding steroid dienone is 1. The summed E-state index contributed by atoms with van der Waals surface area (Å²) in [4.78, 5) is 14.9. The van der Waals surface area contributed by atoms with Crippen molar-refractivity contribution in [2.75, 3.05) is 0 Å². The van der Waals surface area contributed by atoms with Gasteiger partial charge in [0.05, 0.1) is 21.5 Å². The van der Waals surface area contributed by atoms with Crippen molar-refractivity contribution in [3.8, 4) is 6.07 Å². The molecule has 0 saturated carbocycles. The number of non-ortho nitro benzene ring substituents is 1. The highest BCUT2D eigenvalue weighted by Crippen LogP contribution is 2.23. The number of nitro benzene ring substituents is 1. The largest absolute Gasteiger partial charge is 0.327 e. The van der Waals surface area contributed by atoms with E-state index in [1.54, 1.807) is 18.2 Å². The van der Waals surface area contributed by atoms with Crippen LogP contribution < -0.4 is 0 Å². The van der Waals surface area contributed by atoms with E-state index in [1.807, 2.05) is 35.9 Å². The number of aromatic nitrogens is 2. The highest BCUT2D eigenvalue weighted by atomic mass is 16.6. The number of hydrogen-bond acceptors (Lipinski definition) is 4. The molecule has 0 spiro atoms. The van der Waals surface area contributed by atoms with Gasteiger partial charge in [-0.1, -0.05) is 24.3 Å². The van der Waals surface area contributed by atoms with Gasteiger partial charge < -0.3 is 4.57 Å². The van der Waals surface area contributed by atoms with Crippen LogP contribution in [0.25, 0.3) is 22.7 Å². The van der Waals surface area contributed by atoms with Gasteiger partial charge in [-0.3, -0.25) is 10.1 Å². The molecule has 6 heteroatoms. The molecule has 3 rings (SSSR count). The molecule has 0 fully saturated rings. The Labute approximate surface area is 132 Å². The maximum Gasteiger partial charge on any atom is 0.270 e. The number of nitrogens with zero attached hydrogens (tertiary/aromatic N) is 4. The van der Waals surface area contributed by atoms with Gasteiger partial charge in [-0.15, -0.1) is 0 Å². The van der Waals surface area contributed by atoms with Crippen LogP contribution in [0, 0.1) is 21.4 Å². The zero-order valence-electron chi connectivity index (χ0n) is 12.3. The highest BCUT2D eigenvalue weighted by molar-refractivity contribution is 5.91. The summed E-state index contributed by atoms with van der Waals surface area (Å²) in [6.07, 6.45) is 1.61. The van der Waals surface area contributed by atoms with Gasteiger partial charge in [0, 0.05) is 19.2 Å². The van der Waals surface area contributed by atoms with Crippen molar-refractivity contribution in [1.29, 1.82) is 5.26 Å². The van der Waals surface area contributed by atoms with Gasteiger partial charge in [0.1, 0.15) is 6.07 Å². The number of imidazole rings is 1. The monoisotopic (exact) mass is 304 g/mol. The number of hydrogen-bond donors (Lipinski definition) is 0. The van der Waals surface area contributed by atoms with Crippen LogP contribution in [0.2, 0.25) is 0 Å². The molecule has 0 bridgehead atoms. The SMILES string of the molecule is Cn1c(/C(C#N)=C/c2cccc([N+](=O)[O-])c2)nc2ccccc21. The van der Waals surface area contributed by atoms with Crippen molar-refractivity contribution in [3.05, 3.63) is 70.0 Å². The average Bonchev–Trinajstić information content (AvgIpc) is 2.90. The molecule has 6 nitrogen and oxygen atoms in total. The molecule has 2 aromatic carbocycles. The lowest BCUT2D eigenvalue weighted by Crippen LogP contribution is -1.96. The van der Waals surface area contributed by atoms with Crippen molar-refractivity contribution < 1.29 is 4.92 Å². The third-order valence-corrected chi connectivity index (χ3v) is 3.54. The standard InChI is InChI=1S/C17H12N4O2/c1-20-16-8-3-2-7-15(16)19-17(20)13(11-18)9-12-5-4-6-14(10-12)21(22)23/h2-10H,1H3/b13-9+. The fourth-order valence-electron chi connectivity index (χ4n) is 2.43. The number of benzene rings is 2. The van der Waals surface area contributed by atoms with Crippen molar-refractivity contribution in [2.24, 2.45) is 7.05 Å². The van der Waals surface area contributed by atoms with Crippen LogP contribution >= 0.6 is 0 Å². The molecule has 1 aromatic heterocycles. The number of nitro groups is 1. The fraction of sp³-hybridized carbons (Fsp3) is 0.0588. The third kappa shape index (κ3) is 2.68. The van der Waals surface area contributed by atoms with Crippen LogP contribution in [-0.2, 0) is 7.05 Å². The van der Waals surface area contributed by atoms with E-state index >= 15 is 0 Å². The number of fused-ring (bicyclic) bond motifs is 1. The summed E-state index contributed by atoms with van der Waals surface area (Å²) in [6, 6.07) is 15.9. The summed E-state index contributed by atoms with van der Waals surface area (Å²) in [6.45, 7) is 0. The number of nitriles is 1. The molecule has 1 heterocycles. The molecule has 0 aliphatic carbocycles. The molecular formula is C17H12N4O2. The molecule has 0 radical (unpaired) electrons. The zero-order chi connectivity index (χ0) is 16.4. The zero-order valence-corrected chi connectivity index (χ0v) is 12.3. The first kappa shape index (κ1) is 14.5. The lowest BCUT2D eigenvalue weighted by Gasteiger charge is -2.01. The molecule has 112 valence electrons. The minimum atomic E-state index is -0.460. The number of rotatable bonds is 3. The Balaban J connectivity index is 2.12. The summed E-state index contributed by atoms with van der Waals surface area (Å²) < 4.78 is 1.84. The van der Waals surface area contributed by atoms with Crippen LogP contribution in [0.1, 0.15) is 11.4 Å². The van der Waals surface area contributed by atoms with Gasteiger partial charge in [-0.05, 0) is 23.8 Å². The van der Waals surface area contributed by atoms with Crippen molar-refractivity contribution in [2.45, 2.75) is 0 Å². The summed E-state index contributed by atoms with van der Waals surface area (Å²) in [7, 11) is 1.84. The third-order valence-electron chi connectivity index (χ3n) is 3.54. The molecular weight excluding hydrogens is 292 g/mol. The maximum atomic E-state index is 10.9. The second kappa shape index (κ2) is 5.73. The summed E-state index contributed by atoms with van der Waals surface area (Å²) in [5, 5.41) is 20.3. The van der Waals surface area contributed by atoms with E-state index in [2.05, 4.69) is 11.1 Å². The predicted octanol–water partition coefficient (Wildman–Crippen LogP) is 3.55. The first-order valence-corrected chi connectivity index (χ1v) is 6.88.